The van der Waals surface area contributed by atoms with Gasteiger partial charge in [-0.1, -0.05) is 48.5 Å². The van der Waals surface area contributed by atoms with Crippen LogP contribution in [0.5, 0.6) is 5.75 Å². The Morgan fingerprint density at radius 3 is 2.51 bits per heavy atom. The summed E-state index contributed by atoms with van der Waals surface area (Å²) >= 11 is 0. The number of hydrogen-bond acceptors (Lipinski definition) is 4. The zero-order valence-electron chi connectivity index (χ0n) is 19.7. The number of piperidine rings is 1. The molecular formula is C28H29N3O4. The van der Waals surface area contributed by atoms with Gasteiger partial charge in [0.2, 0.25) is 11.8 Å². The molecule has 1 saturated heterocycles. The van der Waals surface area contributed by atoms with Gasteiger partial charge in [-0.25, -0.2) is 0 Å². The number of benzene rings is 3. The fraction of sp³-hybridized carbons (Fsp3) is 0.250. The Kier molecular flexibility index (Phi) is 7.77. The molecule has 1 aliphatic rings. The molecule has 1 fully saturated rings. The summed E-state index contributed by atoms with van der Waals surface area (Å²) < 4.78 is 5.21. The maximum absolute atomic E-state index is 13.1. The molecule has 1 aliphatic heterocycles. The van der Waals surface area contributed by atoms with Crippen LogP contribution < -0.4 is 15.4 Å². The zero-order valence-corrected chi connectivity index (χ0v) is 19.7. The quantitative estimate of drug-likeness (QED) is 0.536. The van der Waals surface area contributed by atoms with E-state index >= 15 is 0 Å². The van der Waals surface area contributed by atoms with E-state index in [2.05, 4.69) is 10.6 Å². The molecule has 3 aromatic rings. The van der Waals surface area contributed by atoms with Crippen molar-refractivity contribution in [2.24, 2.45) is 5.92 Å². The standard InChI is InChI=1S/C28H29N3O4/c1-35-23-13-7-12-22(18-23)29-28(34)24-14-5-6-15-25(24)30-27(33)21-11-8-16-31(19-21)26(32)17-20-9-3-2-4-10-20/h2-7,9-10,12-15,18,21H,8,11,16-17,19H2,1H3,(H,29,34)(H,30,33). The number of likely N-dealkylation sites (tertiary alicyclic amines) is 1. The molecule has 0 bridgehead atoms. The van der Waals surface area contributed by atoms with E-state index < -0.39 is 0 Å². The number of rotatable bonds is 7. The highest BCUT2D eigenvalue weighted by molar-refractivity contribution is 6.10. The van der Waals surface area contributed by atoms with Crippen molar-refractivity contribution in [3.8, 4) is 5.75 Å². The summed E-state index contributed by atoms with van der Waals surface area (Å²) in [5, 5.41) is 5.76. The lowest BCUT2D eigenvalue weighted by atomic mass is 9.96. The Balaban J connectivity index is 1.40. The molecule has 0 radical (unpaired) electrons. The molecule has 7 heteroatoms. The molecule has 2 N–H and O–H groups in total. The lowest BCUT2D eigenvalue weighted by Crippen LogP contribution is -2.44. The van der Waals surface area contributed by atoms with Gasteiger partial charge in [0.1, 0.15) is 5.75 Å². The fourth-order valence-electron chi connectivity index (χ4n) is 4.22. The molecule has 35 heavy (non-hydrogen) atoms. The number of carbonyl (C=O) groups is 3. The maximum atomic E-state index is 13.1. The van der Waals surface area contributed by atoms with Gasteiger partial charge >= 0.3 is 0 Å². The van der Waals surface area contributed by atoms with E-state index in [4.69, 9.17) is 4.74 Å². The third-order valence-corrected chi connectivity index (χ3v) is 6.10. The fourth-order valence-corrected chi connectivity index (χ4v) is 4.22. The van der Waals surface area contributed by atoms with Crippen LogP contribution in [-0.4, -0.2) is 42.8 Å². The van der Waals surface area contributed by atoms with Crippen molar-refractivity contribution in [1.82, 2.24) is 4.90 Å². The summed E-state index contributed by atoms with van der Waals surface area (Å²) in [5.74, 6) is -0.209. The molecule has 0 saturated carbocycles. The topological polar surface area (TPSA) is 87.7 Å². The first kappa shape index (κ1) is 24.0. The summed E-state index contributed by atoms with van der Waals surface area (Å²) in [7, 11) is 1.56. The van der Waals surface area contributed by atoms with Crippen molar-refractivity contribution in [2.75, 3.05) is 30.8 Å². The van der Waals surface area contributed by atoms with Crippen molar-refractivity contribution in [1.29, 1.82) is 0 Å². The second kappa shape index (κ2) is 11.3. The van der Waals surface area contributed by atoms with E-state index in [0.717, 1.165) is 12.0 Å². The highest BCUT2D eigenvalue weighted by Gasteiger charge is 2.29. The average Bonchev–Trinajstić information content (AvgIpc) is 2.89. The molecule has 0 spiro atoms. The first-order chi connectivity index (χ1) is 17.0. The van der Waals surface area contributed by atoms with Gasteiger partial charge < -0.3 is 20.3 Å². The molecule has 1 atom stereocenters. The first-order valence-electron chi connectivity index (χ1n) is 11.7. The van der Waals surface area contributed by atoms with Crippen molar-refractivity contribution < 1.29 is 19.1 Å². The van der Waals surface area contributed by atoms with E-state index in [1.165, 1.54) is 0 Å². The normalized spacial score (nSPS) is 15.2. The molecule has 1 heterocycles. The zero-order chi connectivity index (χ0) is 24.6. The molecule has 4 rings (SSSR count). The molecule has 3 aromatic carbocycles. The predicted molar refractivity (Wildman–Crippen MR) is 135 cm³/mol. The van der Waals surface area contributed by atoms with Gasteiger partial charge in [0, 0.05) is 24.8 Å². The van der Waals surface area contributed by atoms with Gasteiger partial charge in [-0.05, 0) is 42.7 Å². The SMILES string of the molecule is COc1cccc(NC(=O)c2ccccc2NC(=O)C2CCCN(C(=O)Cc3ccccc3)C2)c1. The minimum absolute atomic E-state index is 0.0202. The highest BCUT2D eigenvalue weighted by Crippen LogP contribution is 2.23. The van der Waals surface area contributed by atoms with Crippen LogP contribution in [0.25, 0.3) is 0 Å². The summed E-state index contributed by atoms with van der Waals surface area (Å²) in [6.07, 6.45) is 1.78. The van der Waals surface area contributed by atoms with Gasteiger partial charge in [-0.15, -0.1) is 0 Å². The number of amides is 3. The van der Waals surface area contributed by atoms with E-state index in [-0.39, 0.29) is 23.6 Å². The summed E-state index contributed by atoms with van der Waals surface area (Å²) in [6.45, 7) is 1.02. The first-order valence-corrected chi connectivity index (χ1v) is 11.7. The summed E-state index contributed by atoms with van der Waals surface area (Å²) in [6, 6.07) is 23.6. The predicted octanol–water partition coefficient (Wildman–Crippen LogP) is 4.37. The number of hydrogen-bond donors (Lipinski definition) is 2. The molecule has 0 aliphatic carbocycles. The molecular weight excluding hydrogens is 442 g/mol. The van der Waals surface area contributed by atoms with Gasteiger partial charge in [0.25, 0.3) is 5.91 Å². The van der Waals surface area contributed by atoms with Crippen molar-refractivity contribution in [3.63, 3.8) is 0 Å². The number of methoxy groups -OCH3 is 1. The summed E-state index contributed by atoms with van der Waals surface area (Å²) in [4.78, 5) is 40.6. The summed E-state index contributed by atoms with van der Waals surface area (Å²) in [5.41, 5.74) is 2.34. The Labute approximate surface area is 205 Å². The number of nitrogens with zero attached hydrogens (tertiary/aromatic N) is 1. The highest BCUT2D eigenvalue weighted by atomic mass is 16.5. The lowest BCUT2D eigenvalue weighted by Gasteiger charge is -2.32. The largest absolute Gasteiger partial charge is 0.497 e. The van der Waals surface area contributed by atoms with Crippen molar-refractivity contribution in [2.45, 2.75) is 19.3 Å². The van der Waals surface area contributed by atoms with E-state index in [1.54, 1.807) is 60.5 Å². The van der Waals surface area contributed by atoms with Gasteiger partial charge in [0.05, 0.1) is 30.7 Å². The van der Waals surface area contributed by atoms with Crippen LogP contribution in [0.4, 0.5) is 11.4 Å². The lowest BCUT2D eigenvalue weighted by molar-refractivity contribution is -0.133. The van der Waals surface area contributed by atoms with Gasteiger partial charge in [-0.3, -0.25) is 14.4 Å². The van der Waals surface area contributed by atoms with Crippen molar-refractivity contribution >= 4 is 29.1 Å². The van der Waals surface area contributed by atoms with Crippen LogP contribution in [0.15, 0.2) is 78.9 Å². The third-order valence-electron chi connectivity index (χ3n) is 6.10. The second-order valence-electron chi connectivity index (χ2n) is 8.56. The molecule has 3 amide bonds. The van der Waals surface area contributed by atoms with Crippen LogP contribution in [0.1, 0.15) is 28.8 Å². The van der Waals surface area contributed by atoms with E-state index in [9.17, 15) is 14.4 Å². The number of anilines is 2. The Morgan fingerprint density at radius 2 is 1.71 bits per heavy atom. The van der Waals surface area contributed by atoms with Gasteiger partial charge in [0.15, 0.2) is 0 Å². The smallest absolute Gasteiger partial charge is 0.257 e. The second-order valence-corrected chi connectivity index (χ2v) is 8.56. The van der Waals surface area contributed by atoms with E-state index in [0.29, 0.717) is 48.6 Å². The van der Waals surface area contributed by atoms with Crippen LogP contribution in [0.2, 0.25) is 0 Å². The van der Waals surface area contributed by atoms with Crippen LogP contribution in [-0.2, 0) is 16.0 Å². The third kappa shape index (κ3) is 6.26. The molecule has 180 valence electrons. The van der Waals surface area contributed by atoms with E-state index in [1.807, 2.05) is 30.3 Å². The number of ether oxygens (including phenoxy) is 1. The van der Waals surface area contributed by atoms with Gasteiger partial charge in [-0.2, -0.15) is 0 Å². The average molecular weight is 472 g/mol. The molecule has 0 aromatic heterocycles. The minimum Gasteiger partial charge on any atom is -0.497 e. The Hall–Kier alpha value is -4.13. The van der Waals surface area contributed by atoms with Crippen molar-refractivity contribution in [3.05, 3.63) is 90.0 Å². The van der Waals surface area contributed by atoms with Crippen LogP contribution in [0, 0.1) is 5.92 Å². The molecule has 1 unspecified atom stereocenters. The maximum Gasteiger partial charge on any atom is 0.257 e. The van der Waals surface area contributed by atoms with Crippen LogP contribution in [0.3, 0.4) is 0 Å². The number of nitrogens with one attached hydrogen (secondary N) is 2. The monoisotopic (exact) mass is 471 g/mol. The van der Waals surface area contributed by atoms with Crippen LogP contribution >= 0.6 is 0 Å². The minimum atomic E-state index is -0.336. The molecule has 7 nitrogen and oxygen atoms in total. The number of carbonyl (C=O) groups excluding carboxylic acids is 3. The number of para-hydroxylation sites is 1. The Morgan fingerprint density at radius 1 is 0.943 bits per heavy atom. The Bertz CT molecular complexity index is 1200.